The van der Waals surface area contributed by atoms with Crippen molar-refractivity contribution in [1.29, 1.82) is 0 Å². The maximum Gasteiger partial charge on any atom is 0.186 e. The second-order valence-corrected chi connectivity index (χ2v) is 7.05. The molecule has 0 radical (unpaired) electrons. The van der Waals surface area contributed by atoms with E-state index in [0.717, 1.165) is 40.9 Å². The maximum absolute atomic E-state index is 12.6. The van der Waals surface area contributed by atoms with Crippen LogP contribution in [0.15, 0.2) is 48.5 Å². The molecule has 2 aromatic heterocycles. The first-order valence-electron chi connectivity index (χ1n) is 9.35. The number of tetrazole rings is 1. The summed E-state index contributed by atoms with van der Waals surface area (Å²) >= 11 is 6.13. The topological polar surface area (TPSA) is 100 Å². The van der Waals surface area contributed by atoms with Crippen molar-refractivity contribution in [1.82, 2.24) is 30.6 Å². The number of hydrogen-bond donors (Lipinski definition) is 2. The standard InChI is InChI=1S/C21H19ClN6O/c1-2-5-18-23-19(20(22)24-18)17(29)12-13-8-10-14(11-9-13)15-6-3-4-7-16(15)21-25-27-28-26-21/h3-4,6-11H,2,5,12H2,1H3,(H,23,24)(H,25,26,27,28). The Balaban J connectivity index is 1.54. The fourth-order valence-corrected chi connectivity index (χ4v) is 3.48. The van der Waals surface area contributed by atoms with Crippen molar-refractivity contribution in [3.05, 3.63) is 70.8 Å². The quantitative estimate of drug-likeness (QED) is 0.446. The first-order chi connectivity index (χ1) is 14.2. The lowest BCUT2D eigenvalue weighted by molar-refractivity contribution is 0.0988. The maximum atomic E-state index is 12.6. The number of nitrogens with one attached hydrogen (secondary N) is 2. The van der Waals surface area contributed by atoms with E-state index in [2.05, 4.69) is 37.5 Å². The average molecular weight is 407 g/mol. The van der Waals surface area contributed by atoms with Crippen molar-refractivity contribution in [2.45, 2.75) is 26.2 Å². The first-order valence-corrected chi connectivity index (χ1v) is 9.73. The molecular formula is C21H19ClN6O. The van der Waals surface area contributed by atoms with Crippen molar-refractivity contribution in [2.75, 3.05) is 0 Å². The summed E-state index contributed by atoms with van der Waals surface area (Å²) in [6, 6.07) is 15.7. The summed E-state index contributed by atoms with van der Waals surface area (Å²) in [4.78, 5) is 19.9. The van der Waals surface area contributed by atoms with Gasteiger partial charge in [0.05, 0.1) is 0 Å². The Morgan fingerprint density at radius 1 is 1.07 bits per heavy atom. The van der Waals surface area contributed by atoms with E-state index in [-0.39, 0.29) is 17.4 Å². The van der Waals surface area contributed by atoms with Gasteiger partial charge in [0, 0.05) is 18.4 Å². The van der Waals surface area contributed by atoms with Gasteiger partial charge in [-0.15, -0.1) is 5.10 Å². The molecule has 146 valence electrons. The number of aromatic amines is 2. The van der Waals surface area contributed by atoms with E-state index in [1.54, 1.807) is 0 Å². The largest absolute Gasteiger partial charge is 0.338 e. The van der Waals surface area contributed by atoms with E-state index in [0.29, 0.717) is 11.5 Å². The normalized spacial score (nSPS) is 11.0. The molecular weight excluding hydrogens is 388 g/mol. The van der Waals surface area contributed by atoms with Crippen molar-refractivity contribution in [3.63, 3.8) is 0 Å². The summed E-state index contributed by atoms with van der Waals surface area (Å²) in [7, 11) is 0. The van der Waals surface area contributed by atoms with E-state index in [1.807, 2.05) is 48.5 Å². The van der Waals surface area contributed by atoms with E-state index >= 15 is 0 Å². The van der Waals surface area contributed by atoms with E-state index in [4.69, 9.17) is 11.6 Å². The molecule has 0 atom stereocenters. The fraction of sp³-hybridized carbons (Fsp3) is 0.190. The third-order valence-corrected chi connectivity index (χ3v) is 4.90. The van der Waals surface area contributed by atoms with Crippen LogP contribution in [0.3, 0.4) is 0 Å². The van der Waals surface area contributed by atoms with Gasteiger partial charge < -0.3 is 4.98 Å². The smallest absolute Gasteiger partial charge is 0.186 e. The molecule has 7 nitrogen and oxygen atoms in total. The zero-order valence-corrected chi connectivity index (χ0v) is 16.6. The lowest BCUT2D eigenvalue weighted by Crippen LogP contribution is -2.05. The van der Waals surface area contributed by atoms with Gasteiger partial charge in [-0.05, 0) is 33.5 Å². The van der Waals surface area contributed by atoms with Gasteiger partial charge in [0.25, 0.3) is 0 Å². The minimum Gasteiger partial charge on any atom is -0.338 e. The van der Waals surface area contributed by atoms with Gasteiger partial charge in [-0.1, -0.05) is 67.1 Å². The predicted molar refractivity (Wildman–Crippen MR) is 111 cm³/mol. The Labute approximate surface area is 172 Å². The molecule has 2 aromatic carbocycles. The number of aryl methyl sites for hydroxylation is 1. The second kappa shape index (κ2) is 8.36. The number of imidazole rings is 1. The van der Waals surface area contributed by atoms with Crippen molar-refractivity contribution in [3.8, 4) is 22.5 Å². The SMILES string of the molecule is CCCc1nc(Cl)c(C(=O)Cc2ccc(-c3ccccc3-c3nnn[nH]3)cc2)[nH]1. The lowest BCUT2D eigenvalue weighted by Gasteiger charge is -2.08. The van der Waals surface area contributed by atoms with Gasteiger partial charge in [-0.2, -0.15) is 0 Å². The van der Waals surface area contributed by atoms with Crippen molar-refractivity contribution >= 4 is 17.4 Å². The van der Waals surface area contributed by atoms with Crippen LogP contribution in [0.2, 0.25) is 5.15 Å². The van der Waals surface area contributed by atoms with Crippen LogP contribution in [0, 0.1) is 0 Å². The summed E-state index contributed by atoms with van der Waals surface area (Å²) in [5.41, 5.74) is 4.21. The molecule has 0 bridgehead atoms. The molecule has 2 N–H and O–H groups in total. The minimum absolute atomic E-state index is 0.0780. The number of carbonyl (C=O) groups is 1. The number of Topliss-reactive ketones (excluding diaryl/α,β-unsaturated/α-hetero) is 1. The highest BCUT2D eigenvalue weighted by Crippen LogP contribution is 2.30. The monoisotopic (exact) mass is 406 g/mol. The number of halogens is 1. The number of rotatable bonds is 7. The third kappa shape index (κ3) is 4.09. The second-order valence-electron chi connectivity index (χ2n) is 6.69. The van der Waals surface area contributed by atoms with Crippen LogP contribution in [0.5, 0.6) is 0 Å². The third-order valence-electron chi connectivity index (χ3n) is 4.63. The van der Waals surface area contributed by atoms with Gasteiger partial charge in [0.15, 0.2) is 16.8 Å². The van der Waals surface area contributed by atoms with Crippen molar-refractivity contribution < 1.29 is 4.79 Å². The molecule has 4 rings (SSSR count). The molecule has 2 heterocycles. The van der Waals surface area contributed by atoms with Gasteiger partial charge in [-0.3, -0.25) is 4.79 Å². The Hall–Kier alpha value is -3.32. The first kappa shape index (κ1) is 19.0. The van der Waals surface area contributed by atoms with E-state index < -0.39 is 0 Å². The molecule has 0 unspecified atom stereocenters. The molecule has 0 saturated heterocycles. The number of aromatic nitrogens is 6. The number of H-pyrrole nitrogens is 2. The summed E-state index contributed by atoms with van der Waals surface area (Å²) in [5.74, 6) is 1.28. The fourth-order valence-electron chi connectivity index (χ4n) is 3.23. The predicted octanol–water partition coefficient (Wildman–Crippen LogP) is 4.29. The summed E-state index contributed by atoms with van der Waals surface area (Å²) in [6.45, 7) is 2.05. The van der Waals surface area contributed by atoms with Crippen LogP contribution in [0.25, 0.3) is 22.5 Å². The summed E-state index contributed by atoms with van der Waals surface area (Å²) < 4.78 is 0. The molecule has 29 heavy (non-hydrogen) atoms. The van der Waals surface area contributed by atoms with Gasteiger partial charge in [0.2, 0.25) is 0 Å². The molecule has 0 saturated carbocycles. The van der Waals surface area contributed by atoms with Crippen LogP contribution < -0.4 is 0 Å². The Morgan fingerprint density at radius 2 is 1.83 bits per heavy atom. The van der Waals surface area contributed by atoms with Crippen LogP contribution in [0.1, 0.15) is 35.2 Å². The summed E-state index contributed by atoms with van der Waals surface area (Å²) in [5, 5.41) is 14.3. The van der Waals surface area contributed by atoms with E-state index in [1.165, 1.54) is 0 Å². The highest BCUT2D eigenvalue weighted by atomic mass is 35.5. The Bertz CT molecular complexity index is 1120. The molecule has 4 aromatic rings. The van der Waals surface area contributed by atoms with Gasteiger partial charge >= 0.3 is 0 Å². The zero-order valence-electron chi connectivity index (χ0n) is 15.8. The molecule has 8 heteroatoms. The lowest BCUT2D eigenvalue weighted by atomic mass is 9.97. The molecule has 0 aliphatic rings. The molecule has 0 aliphatic carbocycles. The van der Waals surface area contributed by atoms with Gasteiger partial charge in [-0.25, -0.2) is 10.1 Å². The average Bonchev–Trinajstić information content (AvgIpc) is 3.39. The van der Waals surface area contributed by atoms with Crippen LogP contribution in [0.4, 0.5) is 0 Å². The highest BCUT2D eigenvalue weighted by Gasteiger charge is 2.16. The van der Waals surface area contributed by atoms with Crippen LogP contribution in [-0.4, -0.2) is 36.4 Å². The zero-order chi connectivity index (χ0) is 20.2. The van der Waals surface area contributed by atoms with Crippen LogP contribution >= 0.6 is 11.6 Å². The highest BCUT2D eigenvalue weighted by molar-refractivity contribution is 6.32. The minimum atomic E-state index is -0.0780. The van der Waals surface area contributed by atoms with Gasteiger partial charge in [0.1, 0.15) is 11.5 Å². The Kier molecular flexibility index (Phi) is 5.48. The molecule has 0 spiro atoms. The molecule has 0 aliphatic heterocycles. The number of carbonyl (C=O) groups excluding carboxylic acids is 1. The van der Waals surface area contributed by atoms with Crippen LogP contribution in [-0.2, 0) is 12.8 Å². The Morgan fingerprint density at radius 3 is 2.52 bits per heavy atom. The molecule has 0 amide bonds. The number of ketones is 1. The molecule has 0 fully saturated rings. The number of nitrogens with zero attached hydrogens (tertiary/aromatic N) is 4. The van der Waals surface area contributed by atoms with E-state index in [9.17, 15) is 4.79 Å². The van der Waals surface area contributed by atoms with Crippen molar-refractivity contribution in [2.24, 2.45) is 0 Å². The summed E-state index contributed by atoms with van der Waals surface area (Å²) in [6.07, 6.45) is 1.95. The number of hydrogen-bond acceptors (Lipinski definition) is 5. The number of benzene rings is 2.